The van der Waals surface area contributed by atoms with Gasteiger partial charge in [0.15, 0.2) is 0 Å². The summed E-state index contributed by atoms with van der Waals surface area (Å²) in [6.07, 6.45) is 4.05. The van der Waals surface area contributed by atoms with Crippen LogP contribution in [0, 0.1) is 5.92 Å². The summed E-state index contributed by atoms with van der Waals surface area (Å²) in [6, 6.07) is 10.7. The van der Waals surface area contributed by atoms with Crippen molar-refractivity contribution in [3.63, 3.8) is 0 Å². The van der Waals surface area contributed by atoms with E-state index in [0.29, 0.717) is 12.0 Å². The number of aromatic nitrogens is 2. The summed E-state index contributed by atoms with van der Waals surface area (Å²) in [7, 11) is 2.00. The Morgan fingerprint density at radius 2 is 2.05 bits per heavy atom. The second kappa shape index (κ2) is 7.62. The van der Waals surface area contributed by atoms with Crippen LogP contribution in [0.4, 0.5) is 0 Å². The molecule has 0 amide bonds. The molecule has 1 aromatic carbocycles. The molecule has 0 aliphatic carbocycles. The van der Waals surface area contributed by atoms with E-state index >= 15 is 0 Å². The fourth-order valence-corrected chi connectivity index (χ4v) is 2.78. The molecule has 0 spiro atoms. The Morgan fingerprint density at radius 1 is 1.24 bits per heavy atom. The van der Waals surface area contributed by atoms with E-state index in [9.17, 15) is 0 Å². The highest BCUT2D eigenvalue weighted by molar-refractivity contribution is 6.30. The molecule has 2 rings (SSSR count). The van der Waals surface area contributed by atoms with Gasteiger partial charge in [0.2, 0.25) is 0 Å². The fraction of sp³-hybridized carbons (Fsp3) is 0.471. The number of nitrogens with zero attached hydrogens (tertiary/aromatic N) is 2. The molecule has 0 bridgehead atoms. The van der Waals surface area contributed by atoms with Gasteiger partial charge in [-0.2, -0.15) is 5.10 Å². The Kier molecular flexibility index (Phi) is 5.83. The van der Waals surface area contributed by atoms with Gasteiger partial charge < -0.3 is 5.32 Å². The Balaban J connectivity index is 2.04. The van der Waals surface area contributed by atoms with Crippen molar-refractivity contribution in [2.24, 2.45) is 5.92 Å². The van der Waals surface area contributed by atoms with Crippen molar-refractivity contribution in [3.05, 3.63) is 52.8 Å². The van der Waals surface area contributed by atoms with E-state index in [1.54, 1.807) is 0 Å². The number of halogens is 1. The molecule has 1 atom stereocenters. The van der Waals surface area contributed by atoms with E-state index in [1.807, 2.05) is 23.9 Å². The highest BCUT2D eigenvalue weighted by Gasteiger charge is 2.13. The van der Waals surface area contributed by atoms with Crippen molar-refractivity contribution in [1.29, 1.82) is 0 Å². The van der Waals surface area contributed by atoms with Gasteiger partial charge in [0.1, 0.15) is 0 Å². The first-order chi connectivity index (χ1) is 10.1. The summed E-state index contributed by atoms with van der Waals surface area (Å²) in [6.45, 7) is 5.27. The second-order valence-electron chi connectivity index (χ2n) is 5.84. The van der Waals surface area contributed by atoms with Crippen LogP contribution in [0.5, 0.6) is 0 Å². The Labute approximate surface area is 132 Å². The molecule has 0 radical (unpaired) electrons. The molecule has 1 heterocycles. The van der Waals surface area contributed by atoms with Crippen LogP contribution in [-0.2, 0) is 12.8 Å². The lowest BCUT2D eigenvalue weighted by Gasteiger charge is -2.16. The first kappa shape index (κ1) is 16.1. The lowest BCUT2D eigenvalue weighted by molar-refractivity contribution is 0.474. The smallest absolute Gasteiger partial charge is 0.0628 e. The summed E-state index contributed by atoms with van der Waals surface area (Å²) < 4.78 is 2.02. The van der Waals surface area contributed by atoms with Crippen LogP contribution < -0.4 is 5.32 Å². The number of hydrogen-bond donors (Lipinski definition) is 1. The topological polar surface area (TPSA) is 29.9 Å². The van der Waals surface area contributed by atoms with Crippen molar-refractivity contribution >= 4 is 11.6 Å². The first-order valence-corrected chi connectivity index (χ1v) is 7.89. The lowest BCUT2D eigenvalue weighted by Crippen LogP contribution is -2.23. The highest BCUT2D eigenvalue weighted by atomic mass is 35.5. The minimum atomic E-state index is 0.412. The molecule has 21 heavy (non-hydrogen) atoms. The standard InChI is InChI=1S/C17H24ClN3/c1-13(2)21-8-7-17(20-21)11-15(12-19-3)9-14-5-4-6-16(18)10-14/h4-8,10,13,15,19H,9,11-12H2,1-3H3. The zero-order chi connectivity index (χ0) is 15.2. The summed E-state index contributed by atoms with van der Waals surface area (Å²) in [5, 5.41) is 8.74. The molecular formula is C17H24ClN3. The van der Waals surface area contributed by atoms with Gasteiger partial charge in [-0.15, -0.1) is 0 Å². The van der Waals surface area contributed by atoms with E-state index in [2.05, 4.69) is 48.7 Å². The summed E-state index contributed by atoms with van der Waals surface area (Å²) in [5.74, 6) is 0.518. The predicted octanol–water partition coefficient (Wildman–Crippen LogP) is 3.74. The van der Waals surface area contributed by atoms with Crippen molar-refractivity contribution in [2.45, 2.75) is 32.7 Å². The molecule has 1 aromatic heterocycles. The van der Waals surface area contributed by atoms with E-state index in [-0.39, 0.29) is 0 Å². The predicted molar refractivity (Wildman–Crippen MR) is 88.9 cm³/mol. The molecule has 114 valence electrons. The van der Waals surface area contributed by atoms with Gasteiger partial charge in [0.05, 0.1) is 5.69 Å². The third-order valence-electron chi connectivity index (χ3n) is 3.60. The molecule has 0 saturated carbocycles. The van der Waals surface area contributed by atoms with Crippen LogP contribution >= 0.6 is 11.6 Å². The van der Waals surface area contributed by atoms with E-state index in [1.165, 1.54) is 5.56 Å². The maximum atomic E-state index is 6.07. The number of nitrogens with one attached hydrogen (secondary N) is 1. The van der Waals surface area contributed by atoms with Gasteiger partial charge in [0.25, 0.3) is 0 Å². The Morgan fingerprint density at radius 3 is 2.67 bits per heavy atom. The van der Waals surface area contributed by atoms with Crippen LogP contribution in [-0.4, -0.2) is 23.4 Å². The molecule has 2 aromatic rings. The SMILES string of the molecule is CNCC(Cc1cccc(Cl)c1)Cc1ccn(C(C)C)n1. The minimum absolute atomic E-state index is 0.412. The van der Waals surface area contributed by atoms with Crippen LogP contribution in [0.1, 0.15) is 31.1 Å². The van der Waals surface area contributed by atoms with Crippen molar-refractivity contribution < 1.29 is 0 Å². The second-order valence-corrected chi connectivity index (χ2v) is 6.28. The van der Waals surface area contributed by atoms with Crippen molar-refractivity contribution in [2.75, 3.05) is 13.6 Å². The van der Waals surface area contributed by atoms with Crippen LogP contribution in [0.3, 0.4) is 0 Å². The van der Waals surface area contributed by atoms with Crippen molar-refractivity contribution in [1.82, 2.24) is 15.1 Å². The summed E-state index contributed by atoms with van der Waals surface area (Å²) in [5.41, 5.74) is 2.44. The molecule has 1 N–H and O–H groups in total. The number of benzene rings is 1. The van der Waals surface area contributed by atoms with Crippen LogP contribution in [0.2, 0.25) is 5.02 Å². The maximum absolute atomic E-state index is 6.07. The van der Waals surface area contributed by atoms with E-state index in [4.69, 9.17) is 11.6 Å². The van der Waals surface area contributed by atoms with Gasteiger partial charge in [-0.05, 0) is 70.0 Å². The average molecular weight is 306 g/mol. The van der Waals surface area contributed by atoms with Crippen LogP contribution in [0.15, 0.2) is 36.5 Å². The zero-order valence-electron chi connectivity index (χ0n) is 13.0. The molecule has 3 nitrogen and oxygen atoms in total. The highest BCUT2D eigenvalue weighted by Crippen LogP contribution is 2.17. The Bertz CT molecular complexity index is 563. The van der Waals surface area contributed by atoms with Gasteiger partial charge in [-0.1, -0.05) is 23.7 Å². The molecule has 0 aliphatic rings. The zero-order valence-corrected chi connectivity index (χ0v) is 13.8. The van der Waals surface area contributed by atoms with Crippen molar-refractivity contribution in [3.8, 4) is 0 Å². The number of rotatable bonds is 7. The molecular weight excluding hydrogens is 282 g/mol. The first-order valence-electron chi connectivity index (χ1n) is 7.51. The van der Waals surface area contributed by atoms with Gasteiger partial charge in [-0.25, -0.2) is 0 Å². The molecule has 4 heteroatoms. The third-order valence-corrected chi connectivity index (χ3v) is 3.83. The van der Waals surface area contributed by atoms with Crippen LogP contribution in [0.25, 0.3) is 0 Å². The van der Waals surface area contributed by atoms with Gasteiger partial charge in [0, 0.05) is 17.3 Å². The van der Waals surface area contributed by atoms with Gasteiger partial charge >= 0.3 is 0 Å². The molecule has 1 unspecified atom stereocenters. The molecule has 0 aliphatic heterocycles. The lowest BCUT2D eigenvalue weighted by atomic mass is 9.95. The largest absolute Gasteiger partial charge is 0.319 e. The summed E-state index contributed by atoms with van der Waals surface area (Å²) in [4.78, 5) is 0. The Hall–Kier alpha value is -1.32. The monoisotopic (exact) mass is 305 g/mol. The van der Waals surface area contributed by atoms with E-state index < -0.39 is 0 Å². The van der Waals surface area contributed by atoms with Gasteiger partial charge in [-0.3, -0.25) is 4.68 Å². The third kappa shape index (κ3) is 4.87. The maximum Gasteiger partial charge on any atom is 0.0628 e. The molecule has 0 saturated heterocycles. The fourth-order valence-electron chi connectivity index (χ4n) is 2.57. The quantitative estimate of drug-likeness (QED) is 0.844. The average Bonchev–Trinajstić information content (AvgIpc) is 2.88. The normalized spacial score (nSPS) is 12.8. The minimum Gasteiger partial charge on any atom is -0.319 e. The summed E-state index contributed by atoms with van der Waals surface area (Å²) >= 11 is 6.07. The van der Waals surface area contributed by atoms with E-state index in [0.717, 1.165) is 30.1 Å². The number of hydrogen-bond acceptors (Lipinski definition) is 2. The molecule has 0 fully saturated rings.